The van der Waals surface area contributed by atoms with Crippen molar-refractivity contribution >= 4 is 46.3 Å². The third-order valence-corrected chi connectivity index (χ3v) is 4.39. The molecule has 0 bridgehead atoms. The molecule has 1 aromatic rings. The summed E-state index contributed by atoms with van der Waals surface area (Å²) in [6.45, 7) is 2.17. The second-order valence-corrected chi connectivity index (χ2v) is 6.05. The van der Waals surface area contributed by atoms with E-state index < -0.39 is 0 Å². The topological polar surface area (TPSA) is 29.3 Å². The van der Waals surface area contributed by atoms with Crippen molar-refractivity contribution in [1.82, 2.24) is 0 Å². The maximum Gasteiger partial charge on any atom is 0.105 e. The zero-order valence-corrected chi connectivity index (χ0v) is 11.9. The number of rotatable bonds is 2. The Balaban J connectivity index is 2.21. The van der Waals surface area contributed by atoms with Crippen LogP contribution in [-0.4, -0.2) is 29.6 Å². The standard InChI is InChI=1S/C12H15ClN2S2/c13-11-8-9(2-3-10(11)12(14)16)15-4-1-6-17-7-5-15/h2-3,8H,1,4-7H2,(H2,14,16). The lowest BCUT2D eigenvalue weighted by atomic mass is 10.2. The van der Waals surface area contributed by atoms with E-state index in [-0.39, 0.29) is 0 Å². The van der Waals surface area contributed by atoms with Gasteiger partial charge in [0.2, 0.25) is 0 Å². The number of hydrogen-bond donors (Lipinski definition) is 1. The summed E-state index contributed by atoms with van der Waals surface area (Å²) in [6.07, 6.45) is 1.22. The first kappa shape index (κ1) is 13.0. The van der Waals surface area contributed by atoms with E-state index in [0.29, 0.717) is 10.0 Å². The Morgan fingerprint density at radius 1 is 1.35 bits per heavy atom. The van der Waals surface area contributed by atoms with E-state index in [4.69, 9.17) is 29.6 Å². The number of halogens is 1. The summed E-state index contributed by atoms with van der Waals surface area (Å²) in [5, 5.41) is 0.645. The molecule has 2 rings (SSSR count). The highest BCUT2D eigenvalue weighted by Gasteiger charge is 2.12. The first-order valence-electron chi connectivity index (χ1n) is 5.60. The highest BCUT2D eigenvalue weighted by molar-refractivity contribution is 7.99. The fourth-order valence-corrected chi connectivity index (χ4v) is 3.30. The number of nitrogens with zero attached hydrogens (tertiary/aromatic N) is 1. The van der Waals surface area contributed by atoms with Gasteiger partial charge in [0.15, 0.2) is 0 Å². The van der Waals surface area contributed by atoms with Gasteiger partial charge in [0.1, 0.15) is 4.99 Å². The van der Waals surface area contributed by atoms with Crippen LogP contribution in [0.1, 0.15) is 12.0 Å². The smallest absolute Gasteiger partial charge is 0.105 e. The van der Waals surface area contributed by atoms with Crippen molar-refractivity contribution in [3.63, 3.8) is 0 Å². The zero-order chi connectivity index (χ0) is 12.3. The van der Waals surface area contributed by atoms with Crippen molar-refractivity contribution in [3.8, 4) is 0 Å². The molecule has 1 heterocycles. The summed E-state index contributed by atoms with van der Waals surface area (Å²) in [4.78, 5) is 2.72. The van der Waals surface area contributed by atoms with Crippen LogP contribution in [-0.2, 0) is 0 Å². The van der Waals surface area contributed by atoms with E-state index >= 15 is 0 Å². The van der Waals surface area contributed by atoms with Crippen LogP contribution >= 0.6 is 35.6 Å². The lowest BCUT2D eigenvalue weighted by molar-refractivity contribution is 0.816. The first-order chi connectivity index (χ1) is 8.18. The first-order valence-corrected chi connectivity index (χ1v) is 7.54. The zero-order valence-electron chi connectivity index (χ0n) is 9.49. The number of nitrogens with two attached hydrogens (primary N) is 1. The molecule has 0 aliphatic carbocycles. The number of thioether (sulfide) groups is 1. The van der Waals surface area contributed by atoms with Crippen LogP contribution in [0.3, 0.4) is 0 Å². The molecule has 1 aromatic carbocycles. The molecule has 17 heavy (non-hydrogen) atoms. The highest BCUT2D eigenvalue weighted by atomic mass is 35.5. The number of anilines is 1. The van der Waals surface area contributed by atoms with Crippen molar-refractivity contribution in [2.75, 3.05) is 29.5 Å². The van der Waals surface area contributed by atoms with E-state index in [0.717, 1.165) is 24.3 Å². The quantitative estimate of drug-likeness (QED) is 0.847. The predicted molar refractivity (Wildman–Crippen MR) is 81.5 cm³/mol. The summed E-state index contributed by atoms with van der Waals surface area (Å²) in [5.41, 5.74) is 7.52. The van der Waals surface area contributed by atoms with E-state index in [9.17, 15) is 0 Å². The largest absolute Gasteiger partial charge is 0.389 e. The summed E-state index contributed by atoms with van der Waals surface area (Å²) in [6, 6.07) is 5.93. The van der Waals surface area contributed by atoms with Crippen molar-refractivity contribution < 1.29 is 0 Å². The normalized spacial score (nSPS) is 16.6. The van der Waals surface area contributed by atoms with Gasteiger partial charge < -0.3 is 10.6 Å². The molecule has 0 amide bonds. The van der Waals surface area contributed by atoms with Gasteiger partial charge in [-0.3, -0.25) is 0 Å². The highest BCUT2D eigenvalue weighted by Crippen LogP contribution is 2.25. The third kappa shape index (κ3) is 3.27. The molecule has 0 atom stereocenters. The van der Waals surface area contributed by atoms with Crippen LogP contribution < -0.4 is 10.6 Å². The van der Waals surface area contributed by atoms with Crippen LogP contribution in [0, 0.1) is 0 Å². The number of thiocarbonyl (C=S) groups is 1. The predicted octanol–water partition coefficient (Wildman–Crippen LogP) is 2.92. The molecule has 2 nitrogen and oxygen atoms in total. The van der Waals surface area contributed by atoms with Crippen LogP contribution in [0.4, 0.5) is 5.69 Å². The Morgan fingerprint density at radius 2 is 2.18 bits per heavy atom. The molecule has 5 heteroatoms. The van der Waals surface area contributed by atoms with E-state index in [1.54, 1.807) is 0 Å². The van der Waals surface area contributed by atoms with Gasteiger partial charge in [-0.25, -0.2) is 0 Å². The Bertz CT molecular complexity index is 415. The summed E-state index contributed by atoms with van der Waals surface area (Å²) in [5.74, 6) is 2.42. The van der Waals surface area contributed by atoms with Crippen molar-refractivity contribution in [2.45, 2.75) is 6.42 Å². The molecule has 0 unspecified atom stereocenters. The molecular weight excluding hydrogens is 272 g/mol. The average molecular weight is 287 g/mol. The van der Waals surface area contributed by atoms with Gasteiger partial charge in [-0.2, -0.15) is 11.8 Å². The lowest BCUT2D eigenvalue weighted by Gasteiger charge is -2.23. The Labute approximate surface area is 117 Å². The molecule has 92 valence electrons. The molecule has 1 aliphatic rings. The van der Waals surface area contributed by atoms with Gasteiger partial charge >= 0.3 is 0 Å². The van der Waals surface area contributed by atoms with Gasteiger partial charge in [0, 0.05) is 30.1 Å². The van der Waals surface area contributed by atoms with Gasteiger partial charge in [-0.1, -0.05) is 23.8 Å². The molecular formula is C12H15ClN2S2. The number of benzene rings is 1. The maximum absolute atomic E-state index is 6.19. The Morgan fingerprint density at radius 3 is 2.88 bits per heavy atom. The average Bonchev–Trinajstić information content (AvgIpc) is 2.56. The Hall–Kier alpha value is -0.450. The summed E-state index contributed by atoms with van der Waals surface area (Å²) < 4.78 is 0. The minimum Gasteiger partial charge on any atom is -0.389 e. The van der Waals surface area contributed by atoms with Gasteiger partial charge in [-0.05, 0) is 30.4 Å². The molecule has 0 spiro atoms. The maximum atomic E-state index is 6.19. The molecule has 2 N–H and O–H groups in total. The summed E-state index contributed by atoms with van der Waals surface area (Å²) in [7, 11) is 0. The molecule has 1 fully saturated rings. The van der Waals surface area contributed by atoms with E-state index in [1.165, 1.54) is 17.9 Å². The SMILES string of the molecule is NC(=S)c1ccc(N2CCCSCC2)cc1Cl. The Kier molecular flexibility index (Phi) is 4.54. The minimum absolute atomic E-state index is 0.355. The van der Waals surface area contributed by atoms with Gasteiger partial charge in [-0.15, -0.1) is 0 Å². The fraction of sp³-hybridized carbons (Fsp3) is 0.417. The van der Waals surface area contributed by atoms with Gasteiger partial charge in [0.05, 0.1) is 5.02 Å². The van der Waals surface area contributed by atoms with Crippen molar-refractivity contribution in [3.05, 3.63) is 28.8 Å². The van der Waals surface area contributed by atoms with Gasteiger partial charge in [0.25, 0.3) is 0 Å². The third-order valence-electron chi connectivity index (χ3n) is 2.81. The monoisotopic (exact) mass is 286 g/mol. The molecule has 0 saturated carbocycles. The van der Waals surface area contributed by atoms with Crippen molar-refractivity contribution in [1.29, 1.82) is 0 Å². The van der Waals surface area contributed by atoms with Crippen LogP contribution in [0.2, 0.25) is 5.02 Å². The second-order valence-electron chi connectivity index (χ2n) is 3.98. The molecule has 1 aliphatic heterocycles. The molecule has 0 radical (unpaired) electrons. The lowest BCUT2D eigenvalue weighted by Crippen LogP contribution is -2.25. The summed E-state index contributed by atoms with van der Waals surface area (Å²) >= 11 is 13.1. The van der Waals surface area contributed by atoms with Crippen LogP contribution in [0.15, 0.2) is 18.2 Å². The van der Waals surface area contributed by atoms with E-state index in [2.05, 4.69) is 11.0 Å². The fourth-order valence-electron chi connectivity index (χ4n) is 1.90. The van der Waals surface area contributed by atoms with E-state index in [1.807, 2.05) is 23.9 Å². The molecule has 0 aromatic heterocycles. The minimum atomic E-state index is 0.355. The second kappa shape index (κ2) is 5.94. The van der Waals surface area contributed by atoms with Crippen LogP contribution in [0.25, 0.3) is 0 Å². The number of hydrogen-bond acceptors (Lipinski definition) is 3. The van der Waals surface area contributed by atoms with Crippen LogP contribution in [0.5, 0.6) is 0 Å². The van der Waals surface area contributed by atoms with Crippen molar-refractivity contribution in [2.24, 2.45) is 5.73 Å². The molecule has 1 saturated heterocycles.